The van der Waals surface area contributed by atoms with E-state index >= 15 is 0 Å². The first-order valence-corrected chi connectivity index (χ1v) is 10.8. The molecule has 0 aliphatic carbocycles. The molecule has 0 spiro atoms. The highest BCUT2D eigenvalue weighted by Crippen LogP contribution is 2.36. The Kier molecular flexibility index (Phi) is 6.82. The molecule has 4 aromatic rings. The molecule has 7 heteroatoms. The van der Waals surface area contributed by atoms with Crippen LogP contribution in [0.2, 0.25) is 10.0 Å². The highest BCUT2D eigenvalue weighted by molar-refractivity contribution is 6.39. The molecule has 0 unspecified atom stereocenters. The Morgan fingerprint density at radius 2 is 1.76 bits per heavy atom. The predicted octanol–water partition coefficient (Wildman–Crippen LogP) is 6.78. The quantitative estimate of drug-likeness (QED) is 0.308. The van der Waals surface area contributed by atoms with Crippen molar-refractivity contribution in [3.63, 3.8) is 0 Å². The van der Waals surface area contributed by atoms with Gasteiger partial charge in [0.25, 0.3) is 0 Å². The average molecular weight is 480 g/mol. The third-order valence-corrected chi connectivity index (χ3v) is 5.60. The number of fused-ring (bicyclic) bond motifs is 1. The molecule has 0 aliphatic heterocycles. The summed E-state index contributed by atoms with van der Waals surface area (Å²) in [6.07, 6.45) is 3.70. The molecule has 0 fully saturated rings. The third-order valence-electron chi connectivity index (χ3n) is 5.00. The van der Waals surface area contributed by atoms with Gasteiger partial charge < -0.3 is 14.6 Å². The Labute approximate surface area is 200 Å². The van der Waals surface area contributed by atoms with Gasteiger partial charge in [0, 0.05) is 10.9 Å². The van der Waals surface area contributed by atoms with E-state index in [-0.39, 0.29) is 16.7 Å². The first kappa shape index (κ1) is 22.6. The minimum Gasteiger partial charge on any atom is -0.504 e. The molecule has 0 saturated carbocycles. The lowest BCUT2D eigenvalue weighted by atomic mass is 10.1. The zero-order chi connectivity index (χ0) is 23.4. The number of phenolic OH excluding ortho intramolecular Hbond substituents is 1. The number of hydrogen-bond donors (Lipinski definition) is 1. The number of carbonyl (C=O) groups excluding carboxylic acids is 1. The largest absolute Gasteiger partial charge is 0.504 e. The number of esters is 1. The van der Waals surface area contributed by atoms with E-state index in [0.717, 1.165) is 11.1 Å². The number of aromatic hydroxyl groups is 1. The molecule has 1 aromatic heterocycles. The van der Waals surface area contributed by atoms with Crippen molar-refractivity contribution in [2.45, 2.75) is 6.61 Å². The molecule has 0 atom stereocenters. The number of pyridine rings is 1. The van der Waals surface area contributed by atoms with E-state index in [0.29, 0.717) is 39.5 Å². The summed E-state index contributed by atoms with van der Waals surface area (Å²) in [5.74, 6) is 0.215. The normalized spacial score (nSPS) is 11.1. The van der Waals surface area contributed by atoms with Crippen LogP contribution in [0.4, 0.5) is 0 Å². The van der Waals surface area contributed by atoms with E-state index in [1.165, 1.54) is 13.2 Å². The maximum absolute atomic E-state index is 11.6. The van der Waals surface area contributed by atoms with E-state index in [1.54, 1.807) is 18.2 Å². The van der Waals surface area contributed by atoms with Gasteiger partial charge in [0.2, 0.25) is 0 Å². The fraction of sp³-hybridized carbons (Fsp3) is 0.0769. The zero-order valence-electron chi connectivity index (χ0n) is 17.6. The summed E-state index contributed by atoms with van der Waals surface area (Å²) >= 11 is 12.2. The second-order valence-electron chi connectivity index (χ2n) is 7.17. The van der Waals surface area contributed by atoms with Crippen LogP contribution in [0.3, 0.4) is 0 Å². The number of aromatic nitrogens is 1. The molecule has 0 bridgehead atoms. The van der Waals surface area contributed by atoms with E-state index in [2.05, 4.69) is 4.98 Å². The van der Waals surface area contributed by atoms with Crippen LogP contribution < -0.4 is 4.74 Å². The van der Waals surface area contributed by atoms with Crippen molar-refractivity contribution in [2.24, 2.45) is 0 Å². The first-order chi connectivity index (χ1) is 16.0. The number of ether oxygens (including phenoxy) is 2. The van der Waals surface area contributed by atoms with Crippen molar-refractivity contribution < 1.29 is 19.4 Å². The summed E-state index contributed by atoms with van der Waals surface area (Å²) < 4.78 is 10.7. The van der Waals surface area contributed by atoms with Crippen molar-refractivity contribution in [1.29, 1.82) is 0 Å². The van der Waals surface area contributed by atoms with Crippen molar-refractivity contribution >= 4 is 52.2 Å². The fourth-order valence-corrected chi connectivity index (χ4v) is 3.77. The fourth-order valence-electron chi connectivity index (χ4n) is 3.25. The first-order valence-electron chi connectivity index (χ1n) is 10.0. The Hall–Kier alpha value is -3.54. The number of hydrogen-bond acceptors (Lipinski definition) is 5. The van der Waals surface area contributed by atoms with Gasteiger partial charge in [-0.15, -0.1) is 0 Å². The van der Waals surface area contributed by atoms with E-state index in [1.807, 2.05) is 54.6 Å². The Morgan fingerprint density at radius 1 is 1.00 bits per heavy atom. The molecular formula is C26H19Cl2NO4. The van der Waals surface area contributed by atoms with Gasteiger partial charge in [-0.3, -0.25) is 0 Å². The molecule has 0 radical (unpaired) electrons. The van der Waals surface area contributed by atoms with Gasteiger partial charge in [-0.1, -0.05) is 53.5 Å². The number of phenols is 1. The van der Waals surface area contributed by atoms with Crippen LogP contribution in [-0.2, 0) is 11.3 Å². The number of carbonyl (C=O) groups is 1. The van der Waals surface area contributed by atoms with Gasteiger partial charge in [0.15, 0.2) is 5.75 Å². The Morgan fingerprint density at radius 3 is 2.52 bits per heavy atom. The summed E-state index contributed by atoms with van der Waals surface area (Å²) in [6.45, 7) is 0.339. The number of para-hydroxylation sites is 1. The molecule has 0 aliphatic rings. The monoisotopic (exact) mass is 479 g/mol. The van der Waals surface area contributed by atoms with Crippen molar-refractivity contribution in [2.75, 3.05) is 7.11 Å². The van der Waals surface area contributed by atoms with Crippen LogP contribution in [0.25, 0.3) is 23.1 Å². The van der Waals surface area contributed by atoms with Crippen LogP contribution in [-0.4, -0.2) is 23.2 Å². The maximum Gasteiger partial charge on any atom is 0.337 e. The number of halogens is 2. The number of rotatable bonds is 6. The topological polar surface area (TPSA) is 68.7 Å². The summed E-state index contributed by atoms with van der Waals surface area (Å²) in [6, 6.07) is 19.8. The summed E-state index contributed by atoms with van der Waals surface area (Å²) in [5, 5.41) is 11.5. The van der Waals surface area contributed by atoms with Gasteiger partial charge in [-0.25, -0.2) is 9.78 Å². The van der Waals surface area contributed by atoms with Gasteiger partial charge >= 0.3 is 5.97 Å². The van der Waals surface area contributed by atoms with Crippen molar-refractivity contribution in [3.05, 3.63) is 99.2 Å². The molecule has 4 rings (SSSR count). The van der Waals surface area contributed by atoms with Crippen LogP contribution in [0.1, 0.15) is 27.2 Å². The molecular weight excluding hydrogens is 461 g/mol. The lowest BCUT2D eigenvalue weighted by Gasteiger charge is -2.10. The molecule has 0 saturated heterocycles. The summed E-state index contributed by atoms with van der Waals surface area (Å²) in [5.41, 5.74) is 3.24. The Balaban J connectivity index is 1.53. The third kappa shape index (κ3) is 5.11. The number of nitrogens with zero attached hydrogens (tertiary/aromatic N) is 1. The van der Waals surface area contributed by atoms with Crippen molar-refractivity contribution in [3.8, 4) is 11.5 Å². The summed E-state index contributed by atoms with van der Waals surface area (Å²) in [7, 11) is 1.35. The predicted molar refractivity (Wildman–Crippen MR) is 131 cm³/mol. The van der Waals surface area contributed by atoms with E-state index < -0.39 is 0 Å². The van der Waals surface area contributed by atoms with Crippen LogP contribution in [0.5, 0.6) is 11.5 Å². The highest BCUT2D eigenvalue weighted by Gasteiger charge is 2.11. The van der Waals surface area contributed by atoms with Gasteiger partial charge in [0.05, 0.1) is 28.4 Å². The summed E-state index contributed by atoms with van der Waals surface area (Å²) in [4.78, 5) is 16.0. The average Bonchev–Trinajstić information content (AvgIpc) is 2.85. The van der Waals surface area contributed by atoms with Gasteiger partial charge in [-0.05, 0) is 54.1 Å². The highest BCUT2D eigenvalue weighted by atomic mass is 35.5. The molecule has 5 nitrogen and oxygen atoms in total. The smallest absolute Gasteiger partial charge is 0.337 e. The van der Waals surface area contributed by atoms with E-state index in [4.69, 9.17) is 32.7 Å². The maximum atomic E-state index is 11.6. The molecule has 1 N–H and O–H groups in total. The van der Waals surface area contributed by atoms with Crippen LogP contribution in [0.15, 0.2) is 66.7 Å². The second-order valence-corrected chi connectivity index (χ2v) is 7.98. The SMILES string of the molecule is COC(=O)c1ccc(COc2ccccc2C=Cc2ccc3c(Cl)cc(Cl)c(O)c3n2)cc1. The van der Waals surface area contributed by atoms with E-state index in [9.17, 15) is 9.90 Å². The molecule has 3 aromatic carbocycles. The Bertz CT molecular complexity index is 1350. The van der Waals surface area contributed by atoms with Crippen molar-refractivity contribution in [1.82, 2.24) is 4.98 Å². The van der Waals surface area contributed by atoms with Crippen LogP contribution in [0, 0.1) is 0 Å². The lowest BCUT2D eigenvalue weighted by Crippen LogP contribution is -2.02. The second kappa shape index (κ2) is 9.94. The van der Waals surface area contributed by atoms with Gasteiger partial charge in [-0.2, -0.15) is 0 Å². The minimum atomic E-state index is -0.377. The van der Waals surface area contributed by atoms with Gasteiger partial charge in [0.1, 0.15) is 17.9 Å². The molecule has 1 heterocycles. The molecule has 0 amide bonds. The molecule has 166 valence electrons. The zero-order valence-corrected chi connectivity index (χ0v) is 19.1. The standard InChI is InChI=1S/C26H19Cl2NO4/c1-32-26(31)18-8-6-16(7-9-18)15-33-23-5-3-2-4-17(23)10-11-19-12-13-20-21(27)14-22(28)25(30)24(20)29-19/h2-14,30H,15H2,1H3. The molecule has 33 heavy (non-hydrogen) atoms. The number of methoxy groups -OCH3 is 1. The minimum absolute atomic E-state index is 0.103. The van der Waals surface area contributed by atoms with Crippen LogP contribution >= 0.6 is 23.2 Å². The lowest BCUT2D eigenvalue weighted by molar-refractivity contribution is 0.0600. The number of benzene rings is 3.